The standard InChI is InChI=1S/C18H19N3O4/c1-4-24-14-8-6-5-7-13(14)20-15(22)9-21-10-19-17-16(18(21)23)11(2)12(3)25-17/h5-8,10H,4,9H2,1-3H3,(H,20,22). The molecule has 0 saturated heterocycles. The van der Waals surface area contributed by atoms with Crippen LogP contribution in [-0.2, 0) is 11.3 Å². The Kier molecular flexibility index (Phi) is 4.56. The molecule has 25 heavy (non-hydrogen) atoms. The number of aryl methyl sites for hydroxylation is 2. The molecule has 7 nitrogen and oxygen atoms in total. The van der Waals surface area contributed by atoms with Crippen LogP contribution in [0.2, 0.25) is 0 Å². The van der Waals surface area contributed by atoms with Gasteiger partial charge in [0.05, 0.1) is 12.3 Å². The highest BCUT2D eigenvalue weighted by Crippen LogP contribution is 2.23. The van der Waals surface area contributed by atoms with Crippen molar-refractivity contribution in [2.45, 2.75) is 27.3 Å². The van der Waals surface area contributed by atoms with E-state index in [9.17, 15) is 9.59 Å². The molecule has 1 N–H and O–H groups in total. The monoisotopic (exact) mass is 341 g/mol. The van der Waals surface area contributed by atoms with Crippen LogP contribution in [0.25, 0.3) is 11.1 Å². The van der Waals surface area contributed by atoms with Crippen molar-refractivity contribution < 1.29 is 13.9 Å². The Morgan fingerprint density at radius 2 is 2.08 bits per heavy atom. The first kappa shape index (κ1) is 16.8. The van der Waals surface area contributed by atoms with Crippen molar-refractivity contribution in [3.05, 3.63) is 52.3 Å². The molecule has 0 saturated carbocycles. The van der Waals surface area contributed by atoms with Crippen LogP contribution in [0.4, 0.5) is 5.69 Å². The summed E-state index contributed by atoms with van der Waals surface area (Å²) in [4.78, 5) is 29.0. The van der Waals surface area contributed by atoms with Crippen LogP contribution >= 0.6 is 0 Å². The van der Waals surface area contributed by atoms with Crippen LogP contribution in [0.5, 0.6) is 5.75 Å². The quantitative estimate of drug-likeness (QED) is 0.771. The number of para-hydroxylation sites is 2. The predicted molar refractivity (Wildman–Crippen MR) is 94.0 cm³/mol. The molecule has 130 valence electrons. The van der Waals surface area contributed by atoms with Crippen molar-refractivity contribution >= 4 is 22.7 Å². The fraction of sp³-hybridized carbons (Fsp3) is 0.278. The van der Waals surface area contributed by atoms with E-state index < -0.39 is 0 Å². The maximum absolute atomic E-state index is 12.6. The van der Waals surface area contributed by atoms with Crippen LogP contribution in [0, 0.1) is 13.8 Å². The van der Waals surface area contributed by atoms with E-state index in [0.29, 0.717) is 34.9 Å². The zero-order valence-corrected chi connectivity index (χ0v) is 14.3. The molecule has 1 amide bonds. The Morgan fingerprint density at radius 1 is 1.32 bits per heavy atom. The van der Waals surface area contributed by atoms with E-state index in [1.54, 1.807) is 32.0 Å². The summed E-state index contributed by atoms with van der Waals surface area (Å²) < 4.78 is 12.2. The van der Waals surface area contributed by atoms with Crippen molar-refractivity contribution in [2.75, 3.05) is 11.9 Å². The van der Waals surface area contributed by atoms with Crippen LogP contribution in [0.3, 0.4) is 0 Å². The van der Waals surface area contributed by atoms with Crippen molar-refractivity contribution in [2.24, 2.45) is 0 Å². The van der Waals surface area contributed by atoms with Gasteiger partial charge in [0.15, 0.2) is 0 Å². The molecule has 2 aromatic heterocycles. The Morgan fingerprint density at radius 3 is 2.84 bits per heavy atom. The largest absolute Gasteiger partial charge is 0.492 e. The smallest absolute Gasteiger partial charge is 0.265 e. The molecule has 0 spiro atoms. The fourth-order valence-corrected chi connectivity index (χ4v) is 2.58. The minimum absolute atomic E-state index is 0.147. The number of hydrogen-bond acceptors (Lipinski definition) is 5. The number of ether oxygens (including phenoxy) is 1. The molecule has 3 rings (SSSR count). The highest BCUT2D eigenvalue weighted by atomic mass is 16.5. The summed E-state index contributed by atoms with van der Waals surface area (Å²) >= 11 is 0. The number of carbonyl (C=O) groups is 1. The summed E-state index contributed by atoms with van der Waals surface area (Å²) in [6, 6.07) is 7.15. The van der Waals surface area contributed by atoms with Crippen LogP contribution < -0.4 is 15.6 Å². The number of hydrogen-bond donors (Lipinski definition) is 1. The normalized spacial score (nSPS) is 10.8. The number of furan rings is 1. The van der Waals surface area contributed by atoms with Gasteiger partial charge in [-0.1, -0.05) is 12.1 Å². The summed E-state index contributed by atoms with van der Waals surface area (Å²) in [7, 11) is 0. The first-order valence-corrected chi connectivity index (χ1v) is 7.98. The second kappa shape index (κ2) is 6.80. The molecule has 0 radical (unpaired) electrons. The summed E-state index contributed by atoms with van der Waals surface area (Å²) in [5.41, 5.74) is 1.29. The van der Waals surface area contributed by atoms with Crippen molar-refractivity contribution in [3.63, 3.8) is 0 Å². The van der Waals surface area contributed by atoms with Crippen LogP contribution in [-0.4, -0.2) is 22.1 Å². The molecule has 0 unspecified atom stereocenters. The van der Waals surface area contributed by atoms with E-state index in [4.69, 9.17) is 9.15 Å². The summed E-state index contributed by atoms with van der Waals surface area (Å²) in [6.45, 7) is 5.79. The molecule has 0 aliphatic rings. The molecule has 7 heteroatoms. The fourth-order valence-electron chi connectivity index (χ4n) is 2.58. The average molecular weight is 341 g/mol. The van der Waals surface area contributed by atoms with Gasteiger partial charge in [-0.05, 0) is 32.9 Å². The van der Waals surface area contributed by atoms with Gasteiger partial charge in [0.2, 0.25) is 11.6 Å². The third-order valence-electron chi connectivity index (χ3n) is 3.93. The minimum Gasteiger partial charge on any atom is -0.492 e. The molecule has 3 aromatic rings. The number of nitrogens with one attached hydrogen (secondary N) is 1. The first-order chi connectivity index (χ1) is 12.0. The second-order valence-corrected chi connectivity index (χ2v) is 5.62. The van der Waals surface area contributed by atoms with Gasteiger partial charge in [-0.15, -0.1) is 0 Å². The number of fused-ring (bicyclic) bond motifs is 1. The van der Waals surface area contributed by atoms with Gasteiger partial charge in [0.1, 0.15) is 29.8 Å². The van der Waals surface area contributed by atoms with E-state index in [0.717, 1.165) is 5.56 Å². The number of amides is 1. The number of carbonyl (C=O) groups excluding carboxylic acids is 1. The van der Waals surface area contributed by atoms with Gasteiger partial charge in [-0.3, -0.25) is 14.2 Å². The lowest BCUT2D eigenvalue weighted by Gasteiger charge is -2.11. The molecule has 0 aliphatic heterocycles. The van der Waals surface area contributed by atoms with Gasteiger partial charge in [-0.2, -0.15) is 0 Å². The predicted octanol–water partition coefficient (Wildman–Crippen LogP) is 2.64. The van der Waals surface area contributed by atoms with E-state index in [1.807, 2.05) is 13.0 Å². The van der Waals surface area contributed by atoms with Gasteiger partial charge in [-0.25, -0.2) is 4.98 Å². The van der Waals surface area contributed by atoms with Gasteiger partial charge >= 0.3 is 0 Å². The van der Waals surface area contributed by atoms with Gasteiger partial charge in [0, 0.05) is 5.56 Å². The molecule has 2 heterocycles. The molecule has 0 bridgehead atoms. The van der Waals surface area contributed by atoms with Crippen LogP contribution in [0.1, 0.15) is 18.2 Å². The zero-order chi connectivity index (χ0) is 18.0. The summed E-state index contributed by atoms with van der Waals surface area (Å²) in [6.07, 6.45) is 1.32. The maximum Gasteiger partial charge on any atom is 0.265 e. The van der Waals surface area contributed by atoms with E-state index in [-0.39, 0.29) is 18.0 Å². The minimum atomic E-state index is -0.340. The average Bonchev–Trinajstić information content (AvgIpc) is 2.87. The molecule has 0 aliphatic carbocycles. The van der Waals surface area contributed by atoms with Crippen molar-refractivity contribution in [1.29, 1.82) is 0 Å². The highest BCUT2D eigenvalue weighted by molar-refractivity contribution is 5.92. The third kappa shape index (κ3) is 3.26. The number of anilines is 1. The Hall–Kier alpha value is -3.09. The highest BCUT2D eigenvalue weighted by Gasteiger charge is 2.15. The first-order valence-electron chi connectivity index (χ1n) is 7.98. The lowest BCUT2D eigenvalue weighted by Crippen LogP contribution is -2.28. The zero-order valence-electron chi connectivity index (χ0n) is 14.3. The van der Waals surface area contributed by atoms with Crippen LogP contribution in [0.15, 0.2) is 39.8 Å². The van der Waals surface area contributed by atoms with Gasteiger partial charge in [0.25, 0.3) is 5.56 Å². The Labute approximate surface area is 144 Å². The van der Waals surface area contributed by atoms with E-state index in [2.05, 4.69) is 10.3 Å². The third-order valence-corrected chi connectivity index (χ3v) is 3.93. The molecule has 0 fully saturated rings. The van der Waals surface area contributed by atoms with E-state index in [1.165, 1.54) is 10.9 Å². The maximum atomic E-state index is 12.6. The van der Waals surface area contributed by atoms with Gasteiger partial charge < -0.3 is 14.5 Å². The van der Waals surface area contributed by atoms with Crippen molar-refractivity contribution in [1.82, 2.24) is 9.55 Å². The lowest BCUT2D eigenvalue weighted by molar-refractivity contribution is -0.116. The molecule has 0 atom stereocenters. The van der Waals surface area contributed by atoms with Crippen molar-refractivity contribution in [3.8, 4) is 5.75 Å². The summed E-state index contributed by atoms with van der Waals surface area (Å²) in [5, 5.41) is 3.17. The number of rotatable bonds is 5. The number of aromatic nitrogens is 2. The Bertz CT molecular complexity index is 988. The second-order valence-electron chi connectivity index (χ2n) is 5.62. The topological polar surface area (TPSA) is 86.4 Å². The molecular formula is C18H19N3O4. The molecular weight excluding hydrogens is 322 g/mol. The summed E-state index contributed by atoms with van der Waals surface area (Å²) in [5.74, 6) is 0.890. The molecule has 1 aromatic carbocycles. The number of nitrogens with zero attached hydrogens (tertiary/aromatic N) is 2. The lowest BCUT2D eigenvalue weighted by atomic mass is 10.2. The van der Waals surface area contributed by atoms with E-state index >= 15 is 0 Å². The Balaban J connectivity index is 1.84. The number of benzene rings is 1. The SMILES string of the molecule is CCOc1ccccc1NC(=O)Cn1cnc2oc(C)c(C)c2c1=O.